The molecule has 0 radical (unpaired) electrons. The summed E-state index contributed by atoms with van der Waals surface area (Å²) >= 11 is 0. The predicted molar refractivity (Wildman–Crippen MR) is 72.7 cm³/mol. The number of nitrogens with one attached hydrogen (secondary N) is 1. The Balaban J connectivity index is 2.19. The summed E-state index contributed by atoms with van der Waals surface area (Å²) in [6.07, 6.45) is 0. The fraction of sp³-hybridized carbons (Fsp3) is 0.286. The highest BCUT2D eigenvalue weighted by molar-refractivity contribution is 5.99. The molecule has 5 nitrogen and oxygen atoms in total. The van der Waals surface area contributed by atoms with Crippen molar-refractivity contribution in [2.24, 2.45) is 0 Å². The van der Waals surface area contributed by atoms with Gasteiger partial charge in [-0.1, -0.05) is 5.16 Å². The smallest absolute Gasteiger partial charge is 0.253 e. The Morgan fingerprint density at radius 2 is 2.15 bits per heavy atom. The van der Waals surface area contributed by atoms with E-state index in [1.165, 1.54) is 12.1 Å². The number of benzene rings is 1. The van der Waals surface area contributed by atoms with Gasteiger partial charge in [-0.05, 0) is 39.0 Å². The van der Waals surface area contributed by atoms with Crippen molar-refractivity contribution in [2.45, 2.75) is 26.8 Å². The largest absolute Gasteiger partial charge is 0.398 e. The molecule has 1 heterocycles. The minimum atomic E-state index is -0.474. The highest BCUT2D eigenvalue weighted by Crippen LogP contribution is 2.22. The van der Waals surface area contributed by atoms with Crippen LogP contribution in [0.5, 0.6) is 0 Å². The van der Waals surface area contributed by atoms with E-state index in [0.29, 0.717) is 5.76 Å². The Hall–Kier alpha value is -2.37. The minimum Gasteiger partial charge on any atom is -0.398 e. The van der Waals surface area contributed by atoms with Gasteiger partial charge in [-0.25, -0.2) is 4.39 Å². The Morgan fingerprint density at radius 1 is 1.45 bits per heavy atom. The topological polar surface area (TPSA) is 81.2 Å². The summed E-state index contributed by atoms with van der Waals surface area (Å²) in [4.78, 5) is 12.1. The van der Waals surface area contributed by atoms with Gasteiger partial charge in [-0.3, -0.25) is 4.79 Å². The molecule has 0 bridgehead atoms. The Bertz CT molecular complexity index is 632. The number of nitrogens with two attached hydrogens (primary N) is 1. The molecule has 2 rings (SSSR count). The van der Waals surface area contributed by atoms with Crippen LogP contribution in [0.4, 0.5) is 10.1 Å². The summed E-state index contributed by atoms with van der Waals surface area (Å²) in [5, 5.41) is 6.64. The van der Waals surface area contributed by atoms with E-state index in [0.717, 1.165) is 17.3 Å². The number of anilines is 1. The number of hydrogen-bond acceptors (Lipinski definition) is 4. The maximum Gasteiger partial charge on any atom is 0.253 e. The van der Waals surface area contributed by atoms with Crippen LogP contribution < -0.4 is 11.1 Å². The third-order valence-electron chi connectivity index (χ3n) is 3.13. The zero-order valence-corrected chi connectivity index (χ0v) is 11.5. The van der Waals surface area contributed by atoms with Gasteiger partial charge in [0.1, 0.15) is 11.6 Å². The number of hydrogen-bond donors (Lipinski definition) is 2. The average Bonchev–Trinajstić information content (AvgIpc) is 2.68. The van der Waals surface area contributed by atoms with E-state index in [-0.39, 0.29) is 23.2 Å². The van der Waals surface area contributed by atoms with Gasteiger partial charge in [0.05, 0.1) is 17.3 Å². The molecule has 6 heteroatoms. The molecule has 3 N–H and O–H groups in total. The molecule has 1 atom stereocenters. The number of rotatable bonds is 3. The van der Waals surface area contributed by atoms with Crippen LogP contribution in [-0.2, 0) is 0 Å². The molecule has 1 unspecified atom stereocenters. The first-order valence-corrected chi connectivity index (χ1v) is 6.18. The minimum absolute atomic E-state index is 0.105. The number of carbonyl (C=O) groups is 1. The lowest BCUT2D eigenvalue weighted by molar-refractivity contribution is 0.0940. The summed E-state index contributed by atoms with van der Waals surface area (Å²) in [5.74, 6) is -0.185. The molecule has 0 saturated heterocycles. The normalized spacial score (nSPS) is 12.2. The number of carbonyl (C=O) groups excluding carboxylic acids is 1. The van der Waals surface area contributed by atoms with Crippen molar-refractivity contribution >= 4 is 11.6 Å². The van der Waals surface area contributed by atoms with E-state index < -0.39 is 5.82 Å². The van der Waals surface area contributed by atoms with Gasteiger partial charge in [0.2, 0.25) is 0 Å². The third-order valence-corrected chi connectivity index (χ3v) is 3.13. The van der Waals surface area contributed by atoms with Crippen LogP contribution >= 0.6 is 0 Å². The van der Waals surface area contributed by atoms with E-state index in [1.54, 1.807) is 13.8 Å². The first-order chi connectivity index (χ1) is 9.40. The first kappa shape index (κ1) is 14.0. The summed E-state index contributed by atoms with van der Waals surface area (Å²) in [6, 6.07) is 3.40. The van der Waals surface area contributed by atoms with Crippen molar-refractivity contribution in [1.82, 2.24) is 10.5 Å². The number of halogens is 1. The zero-order chi connectivity index (χ0) is 14.9. The second-order valence-corrected chi connectivity index (χ2v) is 4.66. The molecule has 1 aromatic carbocycles. The zero-order valence-electron chi connectivity index (χ0n) is 11.5. The number of aromatic nitrogens is 1. The van der Waals surface area contributed by atoms with Crippen molar-refractivity contribution in [1.29, 1.82) is 0 Å². The van der Waals surface area contributed by atoms with E-state index in [4.69, 9.17) is 10.3 Å². The van der Waals surface area contributed by atoms with E-state index in [9.17, 15) is 9.18 Å². The molecular formula is C14H16FN3O2. The molecule has 0 aliphatic rings. The number of nitrogens with zero attached hydrogens (tertiary/aromatic N) is 1. The SMILES string of the molecule is Cc1noc(C)c1C(C)NC(=O)c1ccc(F)cc1N. The van der Waals surface area contributed by atoms with Crippen molar-refractivity contribution < 1.29 is 13.7 Å². The quantitative estimate of drug-likeness (QED) is 0.845. The third kappa shape index (κ3) is 2.64. The summed E-state index contributed by atoms with van der Waals surface area (Å²) in [7, 11) is 0. The van der Waals surface area contributed by atoms with Crippen LogP contribution in [0, 0.1) is 19.7 Å². The first-order valence-electron chi connectivity index (χ1n) is 6.18. The van der Waals surface area contributed by atoms with E-state index >= 15 is 0 Å². The van der Waals surface area contributed by atoms with Crippen molar-refractivity contribution in [3.8, 4) is 0 Å². The second-order valence-electron chi connectivity index (χ2n) is 4.66. The molecule has 106 valence electrons. The number of amides is 1. The lowest BCUT2D eigenvalue weighted by Crippen LogP contribution is -2.28. The van der Waals surface area contributed by atoms with Gasteiger partial charge in [0.15, 0.2) is 0 Å². The molecule has 0 aliphatic heterocycles. The molecule has 2 aromatic rings. The van der Waals surface area contributed by atoms with Crippen molar-refractivity contribution in [3.63, 3.8) is 0 Å². The molecule has 1 aromatic heterocycles. The summed E-state index contributed by atoms with van der Waals surface area (Å²) in [6.45, 7) is 5.41. The van der Waals surface area contributed by atoms with Crippen molar-refractivity contribution in [3.05, 3.63) is 46.6 Å². The predicted octanol–water partition coefficient (Wildman–Crippen LogP) is 2.50. The van der Waals surface area contributed by atoms with Crippen LogP contribution in [0.1, 0.15) is 40.3 Å². The number of aryl methyl sites for hydroxylation is 2. The van der Waals surface area contributed by atoms with E-state index in [2.05, 4.69) is 10.5 Å². The molecule has 0 spiro atoms. The molecule has 0 saturated carbocycles. The number of nitrogen functional groups attached to an aromatic ring is 1. The van der Waals surface area contributed by atoms with Crippen LogP contribution in [-0.4, -0.2) is 11.1 Å². The molecular weight excluding hydrogens is 261 g/mol. The van der Waals surface area contributed by atoms with E-state index in [1.807, 2.05) is 6.92 Å². The Morgan fingerprint density at radius 3 is 2.70 bits per heavy atom. The highest BCUT2D eigenvalue weighted by atomic mass is 19.1. The maximum absolute atomic E-state index is 13.0. The second kappa shape index (κ2) is 5.32. The van der Waals surface area contributed by atoms with Gasteiger partial charge in [0.25, 0.3) is 5.91 Å². The van der Waals surface area contributed by atoms with Gasteiger partial charge in [0, 0.05) is 11.3 Å². The Kier molecular flexibility index (Phi) is 3.74. The van der Waals surface area contributed by atoms with Crippen LogP contribution in [0.3, 0.4) is 0 Å². The monoisotopic (exact) mass is 277 g/mol. The molecule has 20 heavy (non-hydrogen) atoms. The standard InChI is InChI=1S/C14H16FN3O2/c1-7(13-8(2)18-20-9(13)3)17-14(19)11-5-4-10(15)6-12(11)16/h4-7H,16H2,1-3H3,(H,17,19). The van der Waals surface area contributed by atoms with Crippen LogP contribution in [0.25, 0.3) is 0 Å². The molecule has 0 aliphatic carbocycles. The summed E-state index contributed by atoms with van der Waals surface area (Å²) < 4.78 is 18.0. The fourth-order valence-electron chi connectivity index (χ4n) is 2.20. The van der Waals surface area contributed by atoms with Gasteiger partial charge < -0.3 is 15.6 Å². The highest BCUT2D eigenvalue weighted by Gasteiger charge is 2.19. The Labute approximate surface area is 115 Å². The molecule has 0 fully saturated rings. The van der Waals surface area contributed by atoms with Gasteiger partial charge in [-0.15, -0.1) is 0 Å². The summed E-state index contributed by atoms with van der Waals surface area (Å²) in [5.41, 5.74) is 7.55. The lowest BCUT2D eigenvalue weighted by Gasteiger charge is -2.14. The van der Waals surface area contributed by atoms with Crippen LogP contribution in [0.15, 0.2) is 22.7 Å². The van der Waals surface area contributed by atoms with Gasteiger partial charge in [-0.2, -0.15) is 0 Å². The average molecular weight is 277 g/mol. The maximum atomic E-state index is 13.0. The molecule has 1 amide bonds. The lowest BCUT2D eigenvalue weighted by atomic mass is 10.1. The van der Waals surface area contributed by atoms with Gasteiger partial charge >= 0.3 is 0 Å². The fourth-order valence-corrected chi connectivity index (χ4v) is 2.20. The van der Waals surface area contributed by atoms with Crippen LogP contribution in [0.2, 0.25) is 0 Å². The van der Waals surface area contributed by atoms with Crippen molar-refractivity contribution in [2.75, 3.05) is 5.73 Å².